The Labute approximate surface area is 130 Å². The van der Waals surface area contributed by atoms with Crippen molar-refractivity contribution in [1.29, 1.82) is 0 Å². The first-order chi connectivity index (χ1) is 10.7. The highest BCUT2D eigenvalue weighted by atomic mass is 19.1. The van der Waals surface area contributed by atoms with Crippen LogP contribution in [0.3, 0.4) is 0 Å². The molecule has 22 heavy (non-hydrogen) atoms. The fourth-order valence-corrected chi connectivity index (χ4v) is 3.66. The summed E-state index contributed by atoms with van der Waals surface area (Å²) in [5.41, 5.74) is 3.42. The van der Waals surface area contributed by atoms with E-state index < -0.39 is 5.82 Å². The first kappa shape index (κ1) is 13.8. The molecule has 2 nitrogen and oxygen atoms in total. The number of phenols is 1. The van der Waals surface area contributed by atoms with E-state index >= 15 is 0 Å². The molecule has 0 aliphatic heterocycles. The van der Waals surface area contributed by atoms with Gasteiger partial charge in [0, 0.05) is 24.2 Å². The molecule has 0 radical (unpaired) electrons. The van der Waals surface area contributed by atoms with Crippen molar-refractivity contribution in [2.24, 2.45) is 0 Å². The third-order valence-corrected chi connectivity index (χ3v) is 4.93. The fourth-order valence-electron chi connectivity index (χ4n) is 3.66. The molecule has 1 saturated carbocycles. The summed E-state index contributed by atoms with van der Waals surface area (Å²) in [5.74, 6) is -0.723. The second-order valence-corrected chi connectivity index (χ2v) is 6.41. The lowest BCUT2D eigenvalue weighted by atomic mass is 10.1. The molecule has 0 aromatic heterocycles. The average Bonchev–Trinajstić information content (AvgIpc) is 3.28. The van der Waals surface area contributed by atoms with Crippen LogP contribution in [-0.4, -0.2) is 16.0 Å². The number of halogens is 1. The Kier molecular flexibility index (Phi) is 3.38. The van der Waals surface area contributed by atoms with Crippen LogP contribution in [0.15, 0.2) is 42.5 Å². The molecule has 0 spiro atoms. The van der Waals surface area contributed by atoms with Crippen LogP contribution in [0.4, 0.5) is 4.39 Å². The monoisotopic (exact) mass is 297 g/mol. The van der Waals surface area contributed by atoms with Crippen molar-refractivity contribution in [3.8, 4) is 5.75 Å². The van der Waals surface area contributed by atoms with Crippen LogP contribution in [0.1, 0.15) is 42.0 Å². The SMILES string of the molecule is Oc1cccc(CN(C2CC2)C2CCc3ccccc32)c1F. The summed E-state index contributed by atoms with van der Waals surface area (Å²) in [6.45, 7) is 0.573. The van der Waals surface area contributed by atoms with E-state index in [4.69, 9.17) is 0 Å². The van der Waals surface area contributed by atoms with E-state index in [0.29, 0.717) is 24.2 Å². The van der Waals surface area contributed by atoms with Gasteiger partial charge >= 0.3 is 0 Å². The van der Waals surface area contributed by atoms with Gasteiger partial charge in [0.25, 0.3) is 0 Å². The Morgan fingerprint density at radius 2 is 1.86 bits per heavy atom. The molecule has 1 atom stereocenters. The van der Waals surface area contributed by atoms with E-state index in [1.54, 1.807) is 12.1 Å². The van der Waals surface area contributed by atoms with Crippen LogP contribution in [0.2, 0.25) is 0 Å². The smallest absolute Gasteiger partial charge is 0.169 e. The van der Waals surface area contributed by atoms with Gasteiger partial charge < -0.3 is 5.11 Å². The predicted octanol–water partition coefficient (Wildman–Crippen LogP) is 4.18. The van der Waals surface area contributed by atoms with E-state index in [1.807, 2.05) is 0 Å². The molecule has 2 aromatic carbocycles. The van der Waals surface area contributed by atoms with Gasteiger partial charge in [-0.25, -0.2) is 4.39 Å². The number of rotatable bonds is 4. The Hall–Kier alpha value is -1.87. The Morgan fingerprint density at radius 3 is 2.68 bits per heavy atom. The summed E-state index contributed by atoms with van der Waals surface area (Å²) in [7, 11) is 0. The highest BCUT2D eigenvalue weighted by Crippen LogP contribution is 2.42. The molecule has 0 bridgehead atoms. The molecular formula is C19H20FNO. The molecule has 2 aliphatic carbocycles. The maximum absolute atomic E-state index is 14.2. The molecule has 3 heteroatoms. The van der Waals surface area contributed by atoms with Crippen molar-refractivity contribution in [3.05, 3.63) is 65.0 Å². The Balaban J connectivity index is 1.64. The number of hydrogen-bond acceptors (Lipinski definition) is 2. The lowest BCUT2D eigenvalue weighted by Crippen LogP contribution is -2.29. The number of nitrogens with zero attached hydrogens (tertiary/aromatic N) is 1. The zero-order valence-electron chi connectivity index (χ0n) is 12.5. The summed E-state index contributed by atoms with van der Waals surface area (Å²) in [5, 5.41) is 9.60. The predicted molar refractivity (Wildman–Crippen MR) is 84.1 cm³/mol. The van der Waals surface area contributed by atoms with Crippen LogP contribution in [-0.2, 0) is 13.0 Å². The van der Waals surface area contributed by atoms with Crippen LogP contribution in [0.25, 0.3) is 0 Å². The van der Waals surface area contributed by atoms with E-state index in [2.05, 4.69) is 29.2 Å². The van der Waals surface area contributed by atoms with Gasteiger partial charge in [0.2, 0.25) is 0 Å². The van der Waals surface area contributed by atoms with Crippen molar-refractivity contribution in [3.63, 3.8) is 0 Å². The molecular weight excluding hydrogens is 277 g/mol. The van der Waals surface area contributed by atoms with E-state index in [-0.39, 0.29) is 5.75 Å². The van der Waals surface area contributed by atoms with Gasteiger partial charge in [-0.05, 0) is 42.9 Å². The number of fused-ring (bicyclic) bond motifs is 1. The second kappa shape index (κ2) is 5.40. The zero-order chi connectivity index (χ0) is 15.1. The summed E-state index contributed by atoms with van der Waals surface area (Å²) < 4.78 is 14.2. The molecule has 0 heterocycles. The molecule has 0 amide bonds. The zero-order valence-corrected chi connectivity index (χ0v) is 12.5. The quantitative estimate of drug-likeness (QED) is 0.915. The minimum Gasteiger partial charge on any atom is -0.505 e. The molecule has 0 saturated heterocycles. The molecule has 1 unspecified atom stereocenters. The third-order valence-electron chi connectivity index (χ3n) is 4.93. The summed E-state index contributed by atoms with van der Waals surface area (Å²) in [4.78, 5) is 2.43. The molecule has 1 N–H and O–H groups in total. The molecule has 2 aliphatic rings. The first-order valence-electron chi connectivity index (χ1n) is 8.04. The van der Waals surface area contributed by atoms with Gasteiger partial charge in [-0.1, -0.05) is 36.4 Å². The molecule has 4 rings (SSSR count). The molecule has 2 aromatic rings. The number of aromatic hydroxyl groups is 1. The normalized spacial score (nSPS) is 20.4. The Bertz CT molecular complexity index is 696. The lowest BCUT2D eigenvalue weighted by molar-refractivity contribution is 0.174. The highest BCUT2D eigenvalue weighted by molar-refractivity contribution is 5.35. The van der Waals surface area contributed by atoms with Crippen LogP contribution in [0, 0.1) is 5.82 Å². The minimum atomic E-state index is -0.473. The van der Waals surface area contributed by atoms with Gasteiger partial charge in [0.05, 0.1) is 0 Å². The van der Waals surface area contributed by atoms with Gasteiger partial charge in [0.15, 0.2) is 11.6 Å². The maximum atomic E-state index is 14.2. The number of benzene rings is 2. The molecule has 114 valence electrons. The van der Waals surface area contributed by atoms with Crippen LogP contribution >= 0.6 is 0 Å². The second-order valence-electron chi connectivity index (χ2n) is 6.41. The van der Waals surface area contributed by atoms with Crippen molar-refractivity contribution >= 4 is 0 Å². The largest absolute Gasteiger partial charge is 0.505 e. The first-order valence-corrected chi connectivity index (χ1v) is 8.04. The van der Waals surface area contributed by atoms with Crippen molar-refractivity contribution in [2.45, 2.75) is 44.3 Å². The maximum Gasteiger partial charge on any atom is 0.169 e. The van der Waals surface area contributed by atoms with E-state index in [1.165, 1.54) is 30.0 Å². The highest BCUT2D eigenvalue weighted by Gasteiger charge is 2.37. The van der Waals surface area contributed by atoms with Crippen LogP contribution < -0.4 is 0 Å². The van der Waals surface area contributed by atoms with Gasteiger partial charge in [-0.15, -0.1) is 0 Å². The fraction of sp³-hybridized carbons (Fsp3) is 0.368. The average molecular weight is 297 g/mol. The standard InChI is InChI=1S/C19H20FNO/c20-19-14(5-3-7-18(19)22)12-21(15-9-10-15)17-11-8-13-4-1-2-6-16(13)17/h1-7,15,17,22H,8-12H2. The number of phenolic OH excluding ortho intramolecular Hbond substituents is 1. The van der Waals surface area contributed by atoms with Crippen molar-refractivity contribution in [1.82, 2.24) is 4.90 Å². The summed E-state index contributed by atoms with van der Waals surface area (Å²) >= 11 is 0. The Morgan fingerprint density at radius 1 is 1.05 bits per heavy atom. The van der Waals surface area contributed by atoms with Gasteiger partial charge in [-0.2, -0.15) is 0 Å². The van der Waals surface area contributed by atoms with Crippen LogP contribution in [0.5, 0.6) is 5.75 Å². The van der Waals surface area contributed by atoms with Crippen molar-refractivity contribution < 1.29 is 9.50 Å². The number of aryl methyl sites for hydroxylation is 1. The van der Waals surface area contributed by atoms with E-state index in [9.17, 15) is 9.50 Å². The topological polar surface area (TPSA) is 23.5 Å². The minimum absolute atomic E-state index is 0.250. The number of hydrogen-bond donors (Lipinski definition) is 1. The van der Waals surface area contributed by atoms with Crippen molar-refractivity contribution in [2.75, 3.05) is 0 Å². The molecule has 1 fully saturated rings. The summed E-state index contributed by atoms with van der Waals surface area (Å²) in [6, 6.07) is 14.5. The third kappa shape index (κ3) is 2.40. The summed E-state index contributed by atoms with van der Waals surface area (Å²) in [6.07, 6.45) is 4.60. The van der Waals surface area contributed by atoms with E-state index in [0.717, 1.165) is 12.8 Å². The van der Waals surface area contributed by atoms with Gasteiger partial charge in [-0.3, -0.25) is 4.90 Å². The lowest BCUT2D eigenvalue weighted by Gasteiger charge is -2.30. The van der Waals surface area contributed by atoms with Gasteiger partial charge in [0.1, 0.15) is 0 Å².